The molecule has 0 bridgehead atoms. The van der Waals surface area contributed by atoms with Gasteiger partial charge < -0.3 is 14.8 Å². The molecule has 0 spiro atoms. The van der Waals surface area contributed by atoms with Crippen molar-refractivity contribution in [2.45, 2.75) is 65.0 Å². The third-order valence-electron chi connectivity index (χ3n) is 6.46. The van der Waals surface area contributed by atoms with E-state index in [9.17, 15) is 14.4 Å². The van der Waals surface area contributed by atoms with Crippen molar-refractivity contribution in [2.75, 3.05) is 6.61 Å². The number of imidazole rings is 1. The number of hydrogen-bond acceptors (Lipinski definition) is 6. The summed E-state index contributed by atoms with van der Waals surface area (Å²) in [5, 5.41) is 3.65. The SMILES string of the molecule is CCOC(=O)C[C@@H](Cc1ccc(-c2cccc(Cl)c2)cc1)NC(=O)CCc1nc2ccccc2n1C(=O)OC(C)(C)C. The molecule has 1 heterocycles. The lowest BCUT2D eigenvalue weighted by atomic mass is 9.99. The predicted octanol–water partition coefficient (Wildman–Crippen LogP) is 6.75. The molecule has 220 valence electrons. The topological polar surface area (TPSA) is 99.5 Å². The van der Waals surface area contributed by atoms with Gasteiger partial charge in [0.25, 0.3) is 0 Å². The van der Waals surface area contributed by atoms with Gasteiger partial charge in [0.2, 0.25) is 5.91 Å². The molecule has 1 amide bonds. The normalized spacial score (nSPS) is 12.1. The molecule has 42 heavy (non-hydrogen) atoms. The van der Waals surface area contributed by atoms with Crippen LogP contribution in [-0.4, -0.2) is 45.8 Å². The summed E-state index contributed by atoms with van der Waals surface area (Å²) in [4.78, 5) is 43.1. The van der Waals surface area contributed by atoms with Gasteiger partial charge in [-0.05, 0) is 75.1 Å². The summed E-state index contributed by atoms with van der Waals surface area (Å²) in [6.07, 6.45) is 0.204. The number of carbonyl (C=O) groups is 3. The molecule has 0 saturated heterocycles. The van der Waals surface area contributed by atoms with E-state index in [1.54, 1.807) is 33.8 Å². The van der Waals surface area contributed by atoms with Crippen molar-refractivity contribution >= 4 is 40.6 Å². The van der Waals surface area contributed by atoms with Gasteiger partial charge in [-0.3, -0.25) is 9.59 Å². The number of nitrogens with one attached hydrogen (secondary N) is 1. The molecule has 4 rings (SSSR count). The van der Waals surface area contributed by atoms with Crippen LogP contribution in [0, 0.1) is 0 Å². The molecule has 4 aromatic rings. The van der Waals surface area contributed by atoms with Gasteiger partial charge in [-0.25, -0.2) is 14.3 Å². The molecule has 0 aliphatic rings. The van der Waals surface area contributed by atoms with E-state index in [0.29, 0.717) is 28.3 Å². The number of ether oxygens (including phenoxy) is 2. The van der Waals surface area contributed by atoms with E-state index < -0.39 is 17.7 Å². The molecule has 0 fully saturated rings. The summed E-state index contributed by atoms with van der Waals surface area (Å²) in [5.74, 6) is -0.216. The summed E-state index contributed by atoms with van der Waals surface area (Å²) < 4.78 is 12.2. The second kappa shape index (κ2) is 13.7. The molecule has 0 aliphatic heterocycles. The summed E-state index contributed by atoms with van der Waals surface area (Å²) in [6.45, 7) is 7.40. The average molecular weight is 590 g/mol. The van der Waals surface area contributed by atoms with Crippen LogP contribution in [0.1, 0.15) is 51.9 Å². The smallest absolute Gasteiger partial charge is 0.420 e. The molecule has 3 aromatic carbocycles. The maximum Gasteiger partial charge on any atom is 0.420 e. The average Bonchev–Trinajstić information content (AvgIpc) is 3.30. The first-order valence-electron chi connectivity index (χ1n) is 14.0. The van der Waals surface area contributed by atoms with Crippen LogP contribution in [0.15, 0.2) is 72.8 Å². The van der Waals surface area contributed by atoms with Gasteiger partial charge in [0, 0.05) is 23.9 Å². The highest BCUT2D eigenvalue weighted by Crippen LogP contribution is 2.24. The molecule has 9 heteroatoms. The Morgan fingerprint density at radius 1 is 0.976 bits per heavy atom. The van der Waals surface area contributed by atoms with Crippen LogP contribution in [0.3, 0.4) is 0 Å². The maximum absolute atomic E-state index is 13.1. The van der Waals surface area contributed by atoms with Gasteiger partial charge in [0.1, 0.15) is 11.4 Å². The van der Waals surface area contributed by atoms with Crippen LogP contribution >= 0.6 is 11.6 Å². The van der Waals surface area contributed by atoms with E-state index in [0.717, 1.165) is 16.7 Å². The number of hydrogen-bond donors (Lipinski definition) is 1. The summed E-state index contributed by atoms with van der Waals surface area (Å²) in [6, 6.07) is 22.3. The van der Waals surface area contributed by atoms with Crippen molar-refractivity contribution < 1.29 is 23.9 Å². The van der Waals surface area contributed by atoms with Gasteiger partial charge >= 0.3 is 12.1 Å². The van der Waals surface area contributed by atoms with Crippen LogP contribution < -0.4 is 5.32 Å². The first-order valence-corrected chi connectivity index (χ1v) is 14.4. The second-order valence-corrected chi connectivity index (χ2v) is 11.5. The molecule has 8 nitrogen and oxygen atoms in total. The number of aromatic nitrogens is 2. The van der Waals surface area contributed by atoms with Crippen LogP contribution in [0.5, 0.6) is 0 Å². The number of rotatable bonds is 10. The van der Waals surface area contributed by atoms with Crippen molar-refractivity contribution in [1.82, 2.24) is 14.9 Å². The van der Waals surface area contributed by atoms with Crippen LogP contribution in [0.2, 0.25) is 5.02 Å². The minimum Gasteiger partial charge on any atom is -0.466 e. The number of carbonyl (C=O) groups excluding carboxylic acids is 3. The molecule has 0 aliphatic carbocycles. The monoisotopic (exact) mass is 589 g/mol. The van der Waals surface area contributed by atoms with Gasteiger partial charge in [-0.2, -0.15) is 0 Å². The van der Waals surface area contributed by atoms with Crippen molar-refractivity contribution in [3.05, 3.63) is 89.2 Å². The Bertz CT molecular complexity index is 1560. The summed E-state index contributed by atoms with van der Waals surface area (Å²) >= 11 is 6.14. The lowest BCUT2D eigenvalue weighted by molar-refractivity contribution is -0.143. The molecular formula is C33H36ClN3O5. The molecule has 1 atom stereocenters. The summed E-state index contributed by atoms with van der Waals surface area (Å²) in [5.41, 5.74) is 3.54. The number of esters is 1. The number of aryl methyl sites for hydroxylation is 1. The van der Waals surface area contributed by atoms with Gasteiger partial charge in [0.15, 0.2) is 0 Å². The van der Waals surface area contributed by atoms with Crippen molar-refractivity contribution in [2.24, 2.45) is 0 Å². The fourth-order valence-electron chi connectivity index (χ4n) is 4.66. The van der Waals surface area contributed by atoms with E-state index in [4.69, 9.17) is 21.1 Å². The molecule has 0 radical (unpaired) electrons. The minimum atomic E-state index is -0.691. The molecule has 0 unspecified atom stereocenters. The minimum absolute atomic E-state index is 0.0338. The summed E-state index contributed by atoms with van der Waals surface area (Å²) in [7, 11) is 0. The van der Waals surface area contributed by atoms with Gasteiger partial charge in [0.05, 0.1) is 24.1 Å². The van der Waals surface area contributed by atoms with E-state index in [1.807, 2.05) is 66.7 Å². The number of fused-ring (bicyclic) bond motifs is 1. The van der Waals surface area contributed by atoms with Crippen molar-refractivity contribution in [3.8, 4) is 11.1 Å². The van der Waals surface area contributed by atoms with Crippen LogP contribution in [0.4, 0.5) is 4.79 Å². The van der Waals surface area contributed by atoms with Crippen LogP contribution in [0.25, 0.3) is 22.2 Å². The quantitative estimate of drug-likeness (QED) is 0.205. The standard InChI is InChI=1S/C33H36ClN3O5/c1-5-41-31(39)21-26(19-22-13-15-23(16-14-22)24-9-8-10-25(34)20-24)35-30(38)18-17-29-36-27-11-6-7-12-28(27)37(29)32(40)42-33(2,3)4/h6-16,20,26H,5,17-19,21H2,1-4H3,(H,35,38)/t26-/m1/s1. The molecule has 1 N–H and O–H groups in total. The maximum atomic E-state index is 13.1. The van der Waals surface area contributed by atoms with E-state index in [2.05, 4.69) is 10.3 Å². The zero-order chi connectivity index (χ0) is 30.3. The van der Waals surface area contributed by atoms with Gasteiger partial charge in [-0.15, -0.1) is 0 Å². The highest BCUT2D eigenvalue weighted by Gasteiger charge is 2.24. The Kier molecular flexibility index (Phi) is 10.0. The highest BCUT2D eigenvalue weighted by atomic mass is 35.5. The number of benzene rings is 3. The Hall–Kier alpha value is -4.17. The highest BCUT2D eigenvalue weighted by molar-refractivity contribution is 6.30. The third kappa shape index (κ3) is 8.42. The predicted molar refractivity (Wildman–Crippen MR) is 163 cm³/mol. The fraction of sp³-hybridized carbons (Fsp3) is 0.333. The molecule has 0 saturated carbocycles. The third-order valence-corrected chi connectivity index (χ3v) is 6.69. The van der Waals surface area contributed by atoms with E-state index >= 15 is 0 Å². The Balaban J connectivity index is 1.46. The fourth-order valence-corrected chi connectivity index (χ4v) is 4.85. The number of para-hydroxylation sites is 2. The van der Waals surface area contributed by atoms with E-state index in [1.165, 1.54) is 4.57 Å². The van der Waals surface area contributed by atoms with Crippen molar-refractivity contribution in [3.63, 3.8) is 0 Å². The molecular weight excluding hydrogens is 554 g/mol. The number of nitrogens with zero attached hydrogens (tertiary/aromatic N) is 2. The van der Waals surface area contributed by atoms with E-state index in [-0.39, 0.29) is 37.7 Å². The first kappa shape index (κ1) is 30.8. The van der Waals surface area contributed by atoms with Crippen LogP contribution in [-0.2, 0) is 31.9 Å². The Morgan fingerprint density at radius 3 is 2.40 bits per heavy atom. The lowest BCUT2D eigenvalue weighted by Crippen LogP contribution is -2.38. The largest absolute Gasteiger partial charge is 0.466 e. The molecule has 1 aromatic heterocycles. The Labute approximate surface area is 251 Å². The van der Waals surface area contributed by atoms with Gasteiger partial charge in [-0.1, -0.05) is 60.1 Å². The zero-order valence-electron chi connectivity index (χ0n) is 24.4. The van der Waals surface area contributed by atoms with Crippen molar-refractivity contribution in [1.29, 1.82) is 0 Å². The number of amides is 1. The second-order valence-electron chi connectivity index (χ2n) is 11.0. The lowest BCUT2D eigenvalue weighted by Gasteiger charge is -2.21. The zero-order valence-corrected chi connectivity index (χ0v) is 25.1. The number of halogens is 1. The Morgan fingerprint density at radius 2 is 1.71 bits per heavy atom. The first-order chi connectivity index (χ1) is 20.0.